The average molecular weight is 520 g/mol. The molecule has 3 rings (SSSR count). The molecule has 198 valence electrons. The lowest BCUT2D eigenvalue weighted by molar-refractivity contribution is 0.0948. The van der Waals surface area contributed by atoms with E-state index in [2.05, 4.69) is 20.2 Å². The molecule has 0 radical (unpaired) electrons. The van der Waals surface area contributed by atoms with Gasteiger partial charge in [-0.3, -0.25) is 9.59 Å². The monoisotopic (exact) mass is 519 g/mol. The second-order valence-corrected chi connectivity index (χ2v) is 11.2. The molecule has 0 saturated carbocycles. The Morgan fingerprint density at radius 1 is 1.17 bits per heavy atom. The lowest BCUT2D eigenvalue weighted by Gasteiger charge is -2.33. The van der Waals surface area contributed by atoms with Crippen molar-refractivity contribution in [3.8, 4) is 17.1 Å². The van der Waals surface area contributed by atoms with Crippen LogP contribution < -0.4 is 15.6 Å². The molecular weight excluding hydrogens is 482 g/mol. The minimum atomic E-state index is -3.70. The van der Waals surface area contributed by atoms with E-state index >= 15 is 0 Å². The third kappa shape index (κ3) is 6.13. The van der Waals surface area contributed by atoms with Gasteiger partial charge in [-0.1, -0.05) is 20.8 Å². The van der Waals surface area contributed by atoms with Crippen LogP contribution in [0.5, 0.6) is 5.75 Å². The van der Waals surface area contributed by atoms with Crippen LogP contribution in [0.3, 0.4) is 0 Å². The second kappa shape index (κ2) is 12.0. The van der Waals surface area contributed by atoms with Gasteiger partial charge in [-0.25, -0.2) is 13.4 Å². The van der Waals surface area contributed by atoms with E-state index in [-0.39, 0.29) is 11.1 Å². The van der Waals surface area contributed by atoms with Gasteiger partial charge in [0.2, 0.25) is 10.0 Å². The Labute approximate surface area is 213 Å². The zero-order valence-electron chi connectivity index (χ0n) is 21.8. The van der Waals surface area contributed by atoms with Gasteiger partial charge in [0.1, 0.15) is 16.9 Å². The summed E-state index contributed by atoms with van der Waals surface area (Å²) in [6, 6.07) is 4.82. The number of carbonyl (C=O) groups excluding carboxylic acids is 1. The van der Waals surface area contributed by atoms with Gasteiger partial charge in [-0.15, -0.1) is 0 Å². The maximum Gasteiger partial charge on any atom is 0.254 e. The fourth-order valence-electron chi connectivity index (χ4n) is 4.13. The number of amides is 1. The third-order valence-electron chi connectivity index (χ3n) is 6.35. The Morgan fingerprint density at radius 2 is 1.86 bits per heavy atom. The first-order valence-corrected chi connectivity index (χ1v) is 14.0. The van der Waals surface area contributed by atoms with Crippen LogP contribution in [0.4, 0.5) is 0 Å². The maximum absolute atomic E-state index is 13.1. The highest BCUT2D eigenvalue weighted by molar-refractivity contribution is 7.89. The van der Waals surface area contributed by atoms with Crippen LogP contribution in [0.15, 0.2) is 23.0 Å². The van der Waals surface area contributed by atoms with Crippen molar-refractivity contribution in [3.05, 3.63) is 45.4 Å². The number of hydrogen-bond donors (Lipinski definition) is 2. The number of benzene rings is 1. The molecule has 10 nitrogen and oxygen atoms in total. The van der Waals surface area contributed by atoms with Gasteiger partial charge in [-0.2, -0.15) is 4.31 Å². The number of aryl methyl sites for hydroxylation is 1. The summed E-state index contributed by atoms with van der Waals surface area (Å²) >= 11 is 0. The van der Waals surface area contributed by atoms with Crippen molar-refractivity contribution in [2.45, 2.75) is 52.3 Å². The molecule has 2 heterocycles. The number of likely N-dealkylation sites (N-methyl/N-ethyl adjacent to an activating group) is 1. The molecule has 11 heteroatoms. The molecule has 0 bridgehead atoms. The molecule has 1 amide bonds. The Morgan fingerprint density at radius 3 is 2.47 bits per heavy atom. The van der Waals surface area contributed by atoms with Crippen LogP contribution in [0, 0.1) is 0 Å². The number of H-pyrrole nitrogens is 1. The van der Waals surface area contributed by atoms with Gasteiger partial charge < -0.3 is 19.9 Å². The fraction of sp³-hybridized carbons (Fsp3) is 0.560. The van der Waals surface area contributed by atoms with E-state index in [0.29, 0.717) is 74.0 Å². The number of aromatic nitrogens is 2. The summed E-state index contributed by atoms with van der Waals surface area (Å²) in [6.45, 7) is 9.81. The number of rotatable bonds is 10. The fourth-order valence-corrected chi connectivity index (χ4v) is 5.51. The average Bonchev–Trinajstić information content (AvgIpc) is 2.86. The van der Waals surface area contributed by atoms with Crippen molar-refractivity contribution in [3.63, 3.8) is 0 Å². The molecule has 1 atom stereocenters. The molecule has 1 aromatic carbocycles. The van der Waals surface area contributed by atoms with Crippen LogP contribution in [0.1, 0.15) is 55.7 Å². The number of nitrogens with zero attached hydrogens (tertiary/aromatic N) is 3. The summed E-state index contributed by atoms with van der Waals surface area (Å²) < 4.78 is 33.3. The quantitative estimate of drug-likeness (QED) is 0.492. The summed E-state index contributed by atoms with van der Waals surface area (Å²) in [5, 5.41) is 1.53. The van der Waals surface area contributed by atoms with Crippen molar-refractivity contribution >= 4 is 15.9 Å². The molecule has 36 heavy (non-hydrogen) atoms. The standard InChI is InChI=1S/C25H37N5O5S/c1-6-15-35-22-10-9-18(16-20(22)23-27-21(8-3)19(7-2)25(32)28-23)24(31)26-17(4)36(33,34)30-13-11-29(5)12-14-30/h9-10,16-17H,6-8,11-15H2,1-5H3,(H,26,31)(H,27,28,32). The van der Waals surface area contributed by atoms with Gasteiger partial charge in [0, 0.05) is 37.3 Å². The Hall–Kier alpha value is -2.76. The van der Waals surface area contributed by atoms with Crippen molar-refractivity contribution in [1.82, 2.24) is 24.5 Å². The molecule has 2 aromatic rings. The zero-order chi connectivity index (χ0) is 26.5. The van der Waals surface area contributed by atoms with Crippen molar-refractivity contribution in [2.24, 2.45) is 0 Å². The number of nitrogens with one attached hydrogen (secondary N) is 2. The van der Waals surface area contributed by atoms with E-state index < -0.39 is 21.3 Å². The third-order valence-corrected chi connectivity index (χ3v) is 8.45. The van der Waals surface area contributed by atoms with Crippen LogP contribution in [0.25, 0.3) is 11.4 Å². The van der Waals surface area contributed by atoms with Crippen LogP contribution in [-0.4, -0.2) is 78.7 Å². The highest BCUT2D eigenvalue weighted by atomic mass is 32.2. The van der Waals surface area contributed by atoms with Crippen molar-refractivity contribution in [2.75, 3.05) is 39.8 Å². The first-order chi connectivity index (χ1) is 17.1. The molecule has 0 spiro atoms. The first-order valence-electron chi connectivity index (χ1n) is 12.5. The Balaban J connectivity index is 1.92. The molecule has 0 aliphatic carbocycles. The topological polar surface area (TPSA) is 125 Å². The van der Waals surface area contributed by atoms with Crippen molar-refractivity contribution < 1.29 is 17.9 Å². The van der Waals surface area contributed by atoms with Crippen LogP contribution >= 0.6 is 0 Å². The number of piperazine rings is 1. The lowest BCUT2D eigenvalue weighted by atomic mass is 10.1. The van der Waals surface area contributed by atoms with E-state index in [4.69, 9.17) is 4.74 Å². The highest BCUT2D eigenvalue weighted by Crippen LogP contribution is 2.29. The second-order valence-electron chi connectivity index (χ2n) is 8.97. The normalized spacial score (nSPS) is 16.0. The molecule has 1 fully saturated rings. The predicted octanol–water partition coefficient (Wildman–Crippen LogP) is 2.00. The van der Waals surface area contributed by atoms with Gasteiger partial charge in [0.05, 0.1) is 17.9 Å². The molecule has 1 aliphatic heterocycles. The zero-order valence-corrected chi connectivity index (χ0v) is 22.6. The molecule has 1 unspecified atom stereocenters. The minimum absolute atomic E-state index is 0.220. The van der Waals surface area contributed by atoms with E-state index in [9.17, 15) is 18.0 Å². The summed E-state index contributed by atoms with van der Waals surface area (Å²) in [6.07, 6.45) is 1.93. The summed E-state index contributed by atoms with van der Waals surface area (Å²) in [5.41, 5.74) is 1.82. The number of aromatic amines is 1. The Bertz CT molecular complexity index is 1240. The van der Waals surface area contributed by atoms with E-state index in [1.165, 1.54) is 11.2 Å². The van der Waals surface area contributed by atoms with E-state index in [1.54, 1.807) is 18.2 Å². The Kier molecular flexibility index (Phi) is 9.26. The molecular formula is C25H37N5O5S. The number of ether oxygens (including phenoxy) is 1. The van der Waals surface area contributed by atoms with Gasteiger partial charge in [0.25, 0.3) is 11.5 Å². The largest absolute Gasteiger partial charge is 0.493 e. The number of carbonyl (C=O) groups is 1. The maximum atomic E-state index is 13.1. The first kappa shape index (κ1) is 27.8. The number of hydrogen-bond acceptors (Lipinski definition) is 7. The van der Waals surface area contributed by atoms with E-state index in [1.807, 2.05) is 27.8 Å². The summed E-state index contributed by atoms with van der Waals surface area (Å²) in [7, 11) is -1.76. The highest BCUT2D eigenvalue weighted by Gasteiger charge is 2.32. The predicted molar refractivity (Wildman–Crippen MR) is 140 cm³/mol. The summed E-state index contributed by atoms with van der Waals surface area (Å²) in [5.74, 6) is 0.264. The molecule has 2 N–H and O–H groups in total. The van der Waals surface area contributed by atoms with E-state index in [0.717, 1.165) is 6.42 Å². The molecule has 1 aromatic heterocycles. The van der Waals surface area contributed by atoms with Gasteiger partial charge >= 0.3 is 0 Å². The smallest absolute Gasteiger partial charge is 0.254 e. The van der Waals surface area contributed by atoms with Gasteiger partial charge in [-0.05, 0) is 51.4 Å². The minimum Gasteiger partial charge on any atom is -0.493 e. The lowest BCUT2D eigenvalue weighted by Crippen LogP contribution is -2.52. The SMILES string of the molecule is CCCOc1ccc(C(=O)NC(C)S(=O)(=O)N2CCN(C)CC2)cc1-c1nc(CC)c(CC)c(=O)[nH]1. The molecule has 1 aliphatic rings. The van der Waals surface area contributed by atoms with Crippen LogP contribution in [0.2, 0.25) is 0 Å². The number of sulfonamides is 1. The van der Waals surface area contributed by atoms with Crippen molar-refractivity contribution in [1.29, 1.82) is 0 Å². The molecule has 1 saturated heterocycles. The summed E-state index contributed by atoms with van der Waals surface area (Å²) in [4.78, 5) is 35.4. The van der Waals surface area contributed by atoms with Gasteiger partial charge in [0.15, 0.2) is 0 Å². The van der Waals surface area contributed by atoms with Crippen LogP contribution in [-0.2, 0) is 22.9 Å².